The van der Waals surface area contributed by atoms with E-state index in [-0.39, 0.29) is 11.8 Å². The van der Waals surface area contributed by atoms with Gasteiger partial charge in [0.15, 0.2) is 0 Å². The Hall–Kier alpha value is -3.16. The van der Waals surface area contributed by atoms with Crippen molar-refractivity contribution in [2.24, 2.45) is 0 Å². The van der Waals surface area contributed by atoms with Crippen molar-refractivity contribution in [3.8, 4) is 0 Å². The van der Waals surface area contributed by atoms with Crippen LogP contribution >= 0.6 is 0 Å². The highest BCUT2D eigenvalue weighted by Gasteiger charge is 2.48. The number of carbonyl (C=O) groups is 2. The van der Waals surface area contributed by atoms with E-state index in [9.17, 15) is 9.59 Å². The minimum Gasteiger partial charge on any atom is -0.348 e. The van der Waals surface area contributed by atoms with Crippen LogP contribution in [0, 0.1) is 0 Å². The molecule has 2 amide bonds. The lowest BCUT2D eigenvalue weighted by Crippen LogP contribution is -2.58. The molecule has 144 valence electrons. The Kier molecular flexibility index (Phi) is 3.75. The minimum atomic E-state index is -0.419. The lowest BCUT2D eigenvalue weighted by molar-refractivity contribution is -0.139. The second-order valence-corrected chi connectivity index (χ2v) is 7.56. The number of carbonyl (C=O) groups excluding carboxylic acids is 2. The number of amides is 2. The molecule has 0 bridgehead atoms. The van der Waals surface area contributed by atoms with Crippen molar-refractivity contribution in [2.75, 3.05) is 19.6 Å². The van der Waals surface area contributed by atoms with E-state index in [2.05, 4.69) is 15.1 Å². The number of nitrogens with zero attached hydrogens (tertiary/aromatic N) is 5. The van der Waals surface area contributed by atoms with Gasteiger partial charge in [-0.05, 0) is 25.0 Å². The summed E-state index contributed by atoms with van der Waals surface area (Å²) in [7, 11) is 0. The molecule has 0 radical (unpaired) electrons. The van der Waals surface area contributed by atoms with Crippen LogP contribution in [0.15, 0.2) is 36.9 Å². The monoisotopic (exact) mass is 378 g/mol. The minimum absolute atomic E-state index is 0.0107. The normalized spacial score (nSPS) is 18.5. The number of H-pyrrole nitrogens is 1. The average molecular weight is 378 g/mol. The number of piperidine rings is 1. The van der Waals surface area contributed by atoms with Crippen LogP contribution in [0.5, 0.6) is 0 Å². The molecule has 2 aliphatic heterocycles. The Morgan fingerprint density at radius 2 is 2.00 bits per heavy atom. The smallest absolute Gasteiger partial charge is 0.257 e. The first-order chi connectivity index (χ1) is 13.6. The van der Waals surface area contributed by atoms with Gasteiger partial charge in [0, 0.05) is 44.9 Å². The standard InChI is InChI=1S/C20H22N6O2/c1-14(27)25-9-5-16-18(22-13-21-16)20(25)6-10-24(11-7-20)19(28)15-12-23-26-8-3-2-4-17(15)26/h2-4,8,12-13H,5-7,9-11H2,1H3,(H,21,22). The Morgan fingerprint density at radius 3 is 2.79 bits per heavy atom. The van der Waals surface area contributed by atoms with Crippen LogP contribution < -0.4 is 0 Å². The number of likely N-dealkylation sites (tertiary alicyclic amines) is 1. The van der Waals surface area contributed by atoms with E-state index in [1.54, 1.807) is 24.0 Å². The number of aromatic amines is 1. The van der Waals surface area contributed by atoms with Crippen LogP contribution in [-0.2, 0) is 16.8 Å². The fourth-order valence-electron chi connectivity index (χ4n) is 4.79. The third-order valence-electron chi connectivity index (χ3n) is 6.18. The van der Waals surface area contributed by atoms with Crippen LogP contribution in [0.2, 0.25) is 0 Å². The van der Waals surface area contributed by atoms with Gasteiger partial charge in [-0.15, -0.1) is 0 Å². The van der Waals surface area contributed by atoms with Crippen molar-refractivity contribution in [1.29, 1.82) is 0 Å². The summed E-state index contributed by atoms with van der Waals surface area (Å²) < 4.78 is 1.72. The quantitative estimate of drug-likeness (QED) is 0.697. The van der Waals surface area contributed by atoms with Gasteiger partial charge < -0.3 is 14.8 Å². The predicted octanol–water partition coefficient (Wildman–Crippen LogP) is 1.59. The van der Waals surface area contributed by atoms with Crippen molar-refractivity contribution in [2.45, 2.75) is 31.7 Å². The van der Waals surface area contributed by atoms with Crippen LogP contribution in [0.4, 0.5) is 0 Å². The number of pyridine rings is 1. The molecule has 8 heteroatoms. The number of aromatic nitrogens is 4. The number of hydrogen-bond acceptors (Lipinski definition) is 4. The van der Waals surface area contributed by atoms with E-state index in [0.717, 1.165) is 23.3 Å². The summed E-state index contributed by atoms with van der Waals surface area (Å²) >= 11 is 0. The number of fused-ring (bicyclic) bond motifs is 3. The van der Waals surface area contributed by atoms with Crippen molar-refractivity contribution < 1.29 is 9.59 Å². The molecule has 3 aromatic rings. The molecule has 5 rings (SSSR count). The lowest BCUT2D eigenvalue weighted by atomic mass is 9.78. The molecule has 5 heterocycles. The maximum Gasteiger partial charge on any atom is 0.257 e. The summed E-state index contributed by atoms with van der Waals surface area (Å²) in [4.78, 5) is 37.1. The van der Waals surface area contributed by atoms with Gasteiger partial charge in [-0.3, -0.25) is 9.59 Å². The highest BCUT2D eigenvalue weighted by molar-refractivity contribution is 6.00. The number of imidazole rings is 1. The topological polar surface area (TPSA) is 86.6 Å². The Labute approximate surface area is 162 Å². The molecule has 0 saturated carbocycles. The Balaban J connectivity index is 1.43. The Bertz CT molecular complexity index is 1060. The largest absolute Gasteiger partial charge is 0.348 e. The summed E-state index contributed by atoms with van der Waals surface area (Å²) in [5, 5.41) is 4.28. The van der Waals surface area contributed by atoms with E-state index in [1.165, 1.54) is 0 Å². The molecule has 1 fully saturated rings. The van der Waals surface area contributed by atoms with Gasteiger partial charge in [0.2, 0.25) is 5.91 Å². The molecule has 0 aromatic carbocycles. The maximum absolute atomic E-state index is 13.1. The van der Waals surface area contributed by atoms with E-state index in [4.69, 9.17) is 0 Å². The summed E-state index contributed by atoms with van der Waals surface area (Å²) in [6.45, 7) is 3.47. The zero-order valence-electron chi connectivity index (χ0n) is 15.8. The Morgan fingerprint density at radius 1 is 1.18 bits per heavy atom. The second-order valence-electron chi connectivity index (χ2n) is 7.56. The molecule has 8 nitrogen and oxygen atoms in total. The summed E-state index contributed by atoms with van der Waals surface area (Å²) in [5.74, 6) is 0.0551. The summed E-state index contributed by atoms with van der Waals surface area (Å²) in [6.07, 6.45) is 7.36. The maximum atomic E-state index is 13.1. The molecule has 0 aliphatic carbocycles. The third kappa shape index (κ3) is 2.37. The van der Waals surface area contributed by atoms with Crippen LogP contribution in [0.3, 0.4) is 0 Å². The molecule has 3 aromatic heterocycles. The molecule has 0 unspecified atom stereocenters. The highest BCUT2D eigenvalue weighted by Crippen LogP contribution is 2.42. The van der Waals surface area contributed by atoms with Gasteiger partial charge in [0.25, 0.3) is 5.91 Å². The molecule has 1 spiro atoms. The number of hydrogen-bond donors (Lipinski definition) is 1. The van der Waals surface area contributed by atoms with Crippen molar-refractivity contribution in [1.82, 2.24) is 29.4 Å². The van der Waals surface area contributed by atoms with Crippen LogP contribution in [-0.4, -0.2) is 60.8 Å². The molecular weight excluding hydrogens is 356 g/mol. The van der Waals surface area contributed by atoms with Crippen LogP contribution in [0.25, 0.3) is 5.52 Å². The first-order valence-corrected chi connectivity index (χ1v) is 9.63. The predicted molar refractivity (Wildman–Crippen MR) is 102 cm³/mol. The van der Waals surface area contributed by atoms with E-state index >= 15 is 0 Å². The first-order valence-electron chi connectivity index (χ1n) is 9.63. The summed E-state index contributed by atoms with van der Waals surface area (Å²) in [6, 6.07) is 5.70. The lowest BCUT2D eigenvalue weighted by Gasteiger charge is -2.50. The highest BCUT2D eigenvalue weighted by atomic mass is 16.2. The van der Waals surface area contributed by atoms with Gasteiger partial charge in [-0.2, -0.15) is 5.10 Å². The SMILES string of the molecule is CC(=O)N1CCc2[nH]cnc2C12CCN(C(=O)c1cnn3ccccc13)CC2. The second kappa shape index (κ2) is 6.19. The molecule has 2 aliphatic rings. The fourth-order valence-corrected chi connectivity index (χ4v) is 4.79. The van der Waals surface area contributed by atoms with Crippen molar-refractivity contribution in [3.05, 3.63) is 53.9 Å². The third-order valence-corrected chi connectivity index (χ3v) is 6.18. The zero-order chi connectivity index (χ0) is 19.3. The van der Waals surface area contributed by atoms with Crippen LogP contribution in [0.1, 0.15) is 41.5 Å². The van der Waals surface area contributed by atoms with E-state index in [0.29, 0.717) is 38.0 Å². The van der Waals surface area contributed by atoms with Gasteiger partial charge in [0.05, 0.1) is 34.8 Å². The van der Waals surface area contributed by atoms with Crippen molar-refractivity contribution in [3.63, 3.8) is 0 Å². The van der Waals surface area contributed by atoms with Crippen molar-refractivity contribution >= 4 is 17.3 Å². The van der Waals surface area contributed by atoms with Gasteiger partial charge in [0.1, 0.15) is 0 Å². The van der Waals surface area contributed by atoms with Gasteiger partial charge in [-0.25, -0.2) is 9.50 Å². The van der Waals surface area contributed by atoms with E-state index in [1.807, 2.05) is 34.2 Å². The molecule has 1 saturated heterocycles. The molecule has 0 atom stereocenters. The summed E-state index contributed by atoms with van der Waals surface area (Å²) in [5.41, 5.74) is 3.09. The van der Waals surface area contributed by atoms with Gasteiger partial charge >= 0.3 is 0 Å². The molecule has 28 heavy (non-hydrogen) atoms. The molecule has 1 N–H and O–H groups in total. The number of rotatable bonds is 1. The number of nitrogens with one attached hydrogen (secondary N) is 1. The fraction of sp³-hybridized carbons (Fsp3) is 0.400. The zero-order valence-corrected chi connectivity index (χ0v) is 15.8. The average Bonchev–Trinajstić information content (AvgIpc) is 3.35. The van der Waals surface area contributed by atoms with Gasteiger partial charge in [-0.1, -0.05) is 6.07 Å². The first kappa shape index (κ1) is 17.0. The van der Waals surface area contributed by atoms with E-state index < -0.39 is 5.54 Å². The molecular formula is C20H22N6O2.